The molecule has 0 bridgehead atoms. The summed E-state index contributed by atoms with van der Waals surface area (Å²) in [7, 11) is 0. The molecule has 0 fully saturated rings. The molecule has 0 spiro atoms. The van der Waals surface area contributed by atoms with Gasteiger partial charge in [0, 0.05) is 22.4 Å². The van der Waals surface area contributed by atoms with E-state index in [0.29, 0.717) is 21.9 Å². The molecule has 4 aromatic rings. The van der Waals surface area contributed by atoms with Crippen LogP contribution in [0.15, 0.2) is 57.1 Å². The molecule has 3 aromatic heterocycles. The smallest absolute Gasteiger partial charge is 0.263 e. The van der Waals surface area contributed by atoms with E-state index in [9.17, 15) is 14.0 Å². The second-order valence-electron chi connectivity index (χ2n) is 7.29. The molecule has 0 aliphatic carbocycles. The van der Waals surface area contributed by atoms with Crippen molar-refractivity contribution in [3.05, 3.63) is 68.9 Å². The fraction of sp³-hybridized carbons (Fsp3) is 0.261. The van der Waals surface area contributed by atoms with Crippen LogP contribution in [0.25, 0.3) is 20.7 Å². The monoisotopic (exact) mass is 487 g/mol. The van der Waals surface area contributed by atoms with Crippen LogP contribution in [0.3, 0.4) is 0 Å². The number of hydrogen-bond acceptors (Lipinski definition) is 6. The fourth-order valence-corrected chi connectivity index (χ4v) is 6.15. The van der Waals surface area contributed by atoms with Crippen molar-refractivity contribution in [1.82, 2.24) is 14.9 Å². The molecule has 0 aliphatic rings. The normalized spacial score (nSPS) is 13.2. The van der Waals surface area contributed by atoms with Crippen LogP contribution in [0, 0.1) is 5.82 Å². The molecule has 0 saturated heterocycles. The number of carbonyl (C=O) groups excluding carboxylic acids is 1. The Kier molecular flexibility index (Phi) is 6.78. The summed E-state index contributed by atoms with van der Waals surface area (Å²) in [6.07, 6.45) is 0. The number of rotatable bonds is 7. The summed E-state index contributed by atoms with van der Waals surface area (Å²) in [6, 6.07) is 9.77. The van der Waals surface area contributed by atoms with E-state index in [1.165, 1.54) is 35.2 Å². The van der Waals surface area contributed by atoms with Gasteiger partial charge in [-0.3, -0.25) is 14.2 Å². The van der Waals surface area contributed by atoms with Gasteiger partial charge in [0.15, 0.2) is 5.16 Å². The van der Waals surface area contributed by atoms with Gasteiger partial charge in [-0.05, 0) is 49.9 Å². The Hall–Kier alpha value is -2.49. The minimum atomic E-state index is -0.461. The number of aromatic nitrogens is 2. The number of thioether (sulfide) groups is 1. The Morgan fingerprint density at radius 3 is 2.62 bits per heavy atom. The second kappa shape index (κ2) is 9.56. The van der Waals surface area contributed by atoms with Crippen LogP contribution in [0.2, 0.25) is 0 Å². The van der Waals surface area contributed by atoms with E-state index in [-0.39, 0.29) is 23.3 Å². The number of fused-ring (bicyclic) bond motifs is 1. The first-order chi connectivity index (χ1) is 15.4. The highest BCUT2D eigenvalue weighted by Gasteiger charge is 2.22. The molecule has 5 nitrogen and oxygen atoms in total. The first kappa shape index (κ1) is 22.7. The van der Waals surface area contributed by atoms with Gasteiger partial charge in [0.25, 0.3) is 5.56 Å². The van der Waals surface area contributed by atoms with Crippen molar-refractivity contribution >= 4 is 50.6 Å². The third kappa shape index (κ3) is 4.51. The van der Waals surface area contributed by atoms with Gasteiger partial charge < -0.3 is 5.32 Å². The van der Waals surface area contributed by atoms with Crippen LogP contribution in [0.5, 0.6) is 0 Å². The zero-order valence-electron chi connectivity index (χ0n) is 17.8. The number of carbonyl (C=O) groups is 1. The number of amides is 1. The number of nitrogens with one attached hydrogen (secondary N) is 1. The maximum atomic E-state index is 13.3. The van der Waals surface area contributed by atoms with Crippen LogP contribution < -0.4 is 10.9 Å². The van der Waals surface area contributed by atoms with Crippen molar-refractivity contribution in [3.63, 3.8) is 0 Å². The van der Waals surface area contributed by atoms with Gasteiger partial charge in [-0.15, -0.1) is 22.7 Å². The summed E-state index contributed by atoms with van der Waals surface area (Å²) < 4.78 is 14.8. The molecule has 2 unspecified atom stereocenters. The molecule has 166 valence electrons. The quantitative estimate of drug-likeness (QED) is 0.268. The average molecular weight is 488 g/mol. The van der Waals surface area contributed by atoms with Gasteiger partial charge in [-0.1, -0.05) is 30.0 Å². The summed E-state index contributed by atoms with van der Waals surface area (Å²) in [5.74, 6) is -0.486. The molecule has 0 aliphatic heterocycles. The van der Waals surface area contributed by atoms with Gasteiger partial charge in [0.05, 0.1) is 16.7 Å². The summed E-state index contributed by atoms with van der Waals surface area (Å²) in [5, 5.41) is 7.61. The van der Waals surface area contributed by atoms with Crippen LogP contribution in [0.1, 0.15) is 32.4 Å². The zero-order valence-corrected chi connectivity index (χ0v) is 20.2. The minimum Gasteiger partial charge on any atom is -0.349 e. The first-order valence-electron chi connectivity index (χ1n) is 10.2. The highest BCUT2D eigenvalue weighted by atomic mass is 32.2. The van der Waals surface area contributed by atoms with Gasteiger partial charge >= 0.3 is 0 Å². The van der Waals surface area contributed by atoms with Gasteiger partial charge in [0.1, 0.15) is 10.6 Å². The number of hydrogen-bond donors (Lipinski definition) is 1. The maximum absolute atomic E-state index is 13.3. The van der Waals surface area contributed by atoms with Crippen molar-refractivity contribution < 1.29 is 9.18 Å². The van der Waals surface area contributed by atoms with E-state index in [1.54, 1.807) is 35.0 Å². The highest BCUT2D eigenvalue weighted by molar-refractivity contribution is 8.00. The van der Waals surface area contributed by atoms with Crippen molar-refractivity contribution in [1.29, 1.82) is 0 Å². The van der Waals surface area contributed by atoms with E-state index in [0.717, 1.165) is 16.0 Å². The molecule has 1 amide bonds. The Balaban J connectivity index is 1.57. The van der Waals surface area contributed by atoms with Crippen molar-refractivity contribution in [2.45, 2.75) is 43.8 Å². The van der Waals surface area contributed by atoms with Crippen molar-refractivity contribution in [2.24, 2.45) is 0 Å². The molecular weight excluding hydrogens is 465 g/mol. The molecule has 1 N–H and O–H groups in total. The largest absolute Gasteiger partial charge is 0.349 e. The standard InChI is InChI=1S/C23H22FN3O2S3/c1-4-27-22(29)19-17(18-6-5-11-30-18)12-31-21(19)26-23(27)32-14(3)20(28)25-13(2)15-7-9-16(24)10-8-15/h5-14H,4H2,1-3H3,(H,25,28). The lowest BCUT2D eigenvalue weighted by molar-refractivity contribution is -0.120. The predicted octanol–water partition coefficient (Wildman–Crippen LogP) is 5.70. The first-order valence-corrected chi connectivity index (χ1v) is 12.8. The van der Waals surface area contributed by atoms with Crippen molar-refractivity contribution in [3.8, 4) is 10.4 Å². The molecule has 2 atom stereocenters. The van der Waals surface area contributed by atoms with E-state index in [4.69, 9.17) is 4.98 Å². The Morgan fingerprint density at radius 1 is 1.22 bits per heavy atom. The lowest BCUT2D eigenvalue weighted by Crippen LogP contribution is -2.33. The predicted molar refractivity (Wildman–Crippen MR) is 131 cm³/mol. The zero-order chi connectivity index (χ0) is 22.8. The SMILES string of the molecule is CCn1c(SC(C)C(=O)NC(C)c2ccc(F)cc2)nc2scc(-c3cccs3)c2c1=O. The number of nitrogens with zero attached hydrogens (tertiary/aromatic N) is 2. The third-order valence-corrected chi connectivity index (χ3v) is 8.01. The Bertz CT molecular complexity index is 1300. The number of thiophene rings is 2. The van der Waals surface area contributed by atoms with Gasteiger partial charge in [-0.25, -0.2) is 9.37 Å². The minimum absolute atomic E-state index is 0.0862. The van der Waals surface area contributed by atoms with Gasteiger partial charge in [0.2, 0.25) is 5.91 Å². The summed E-state index contributed by atoms with van der Waals surface area (Å²) in [4.78, 5) is 32.5. The summed E-state index contributed by atoms with van der Waals surface area (Å²) >= 11 is 4.30. The van der Waals surface area contributed by atoms with Gasteiger partial charge in [-0.2, -0.15) is 0 Å². The van der Waals surface area contributed by atoms with E-state index >= 15 is 0 Å². The highest BCUT2D eigenvalue weighted by Crippen LogP contribution is 2.35. The Morgan fingerprint density at radius 2 is 1.97 bits per heavy atom. The van der Waals surface area contributed by atoms with Crippen LogP contribution in [-0.4, -0.2) is 20.7 Å². The molecule has 0 radical (unpaired) electrons. The third-order valence-electron chi connectivity index (χ3n) is 5.14. The topological polar surface area (TPSA) is 64.0 Å². The average Bonchev–Trinajstić information content (AvgIpc) is 3.44. The summed E-state index contributed by atoms with van der Waals surface area (Å²) in [5.41, 5.74) is 1.65. The molecule has 4 rings (SSSR count). The molecule has 0 saturated carbocycles. The summed E-state index contributed by atoms with van der Waals surface area (Å²) in [6.45, 7) is 6.01. The fourth-order valence-electron chi connectivity index (χ4n) is 3.36. The molecular formula is C23H22FN3O2S3. The van der Waals surface area contributed by atoms with E-state index < -0.39 is 5.25 Å². The number of benzene rings is 1. The second-order valence-corrected chi connectivity index (χ2v) is 10.4. The molecule has 3 heterocycles. The van der Waals surface area contributed by atoms with Crippen molar-refractivity contribution in [2.75, 3.05) is 0 Å². The molecule has 32 heavy (non-hydrogen) atoms. The lowest BCUT2D eigenvalue weighted by Gasteiger charge is -2.18. The van der Waals surface area contributed by atoms with Crippen LogP contribution in [-0.2, 0) is 11.3 Å². The maximum Gasteiger partial charge on any atom is 0.263 e. The lowest BCUT2D eigenvalue weighted by atomic mass is 10.1. The number of halogens is 1. The van der Waals surface area contributed by atoms with E-state index in [1.807, 2.05) is 36.7 Å². The Labute approximate surface area is 197 Å². The molecule has 9 heteroatoms. The van der Waals surface area contributed by atoms with Crippen LogP contribution >= 0.6 is 34.4 Å². The molecule has 1 aromatic carbocycles. The van der Waals surface area contributed by atoms with E-state index in [2.05, 4.69) is 5.32 Å². The van der Waals surface area contributed by atoms with Crippen LogP contribution in [0.4, 0.5) is 4.39 Å².